The number of carboxylic acid groups (broad SMARTS) is 1. The summed E-state index contributed by atoms with van der Waals surface area (Å²) in [5.74, 6) is 2.23. The van der Waals surface area contributed by atoms with Crippen molar-refractivity contribution in [1.82, 2.24) is 10.3 Å². The summed E-state index contributed by atoms with van der Waals surface area (Å²) in [5, 5.41) is 11.8. The Labute approximate surface area is 238 Å². The number of ether oxygens (including phenoxy) is 3. The number of rotatable bonds is 13. The van der Waals surface area contributed by atoms with E-state index in [1.54, 1.807) is 26.1 Å². The van der Waals surface area contributed by atoms with Crippen molar-refractivity contribution >= 4 is 12.1 Å². The van der Waals surface area contributed by atoms with Crippen LogP contribution in [0.15, 0.2) is 71.3 Å². The van der Waals surface area contributed by atoms with E-state index in [1.165, 1.54) is 0 Å². The second kappa shape index (κ2) is 14.0. The lowest BCUT2D eigenvalue weighted by atomic mass is 10.0. The van der Waals surface area contributed by atoms with Crippen LogP contribution in [0.1, 0.15) is 42.8 Å². The van der Waals surface area contributed by atoms with Crippen LogP contribution in [0.3, 0.4) is 0 Å². The van der Waals surface area contributed by atoms with Gasteiger partial charge in [0.15, 0.2) is 6.20 Å². The Balaban J connectivity index is 1.36. The van der Waals surface area contributed by atoms with Crippen molar-refractivity contribution in [2.75, 3.05) is 6.61 Å². The molecule has 0 atom stereocenters. The number of pyridine rings is 1. The SMILES string of the molecule is Cc1oc(-c2ccc(Oc3ccccc3)[nH+]c2)nc1CCOc1ccc(CCC(=O)O)c(CNC(=O)OC(C)C)c1. The van der Waals surface area contributed by atoms with Gasteiger partial charge in [0.2, 0.25) is 5.89 Å². The van der Waals surface area contributed by atoms with Gasteiger partial charge in [-0.1, -0.05) is 24.3 Å². The molecule has 2 heterocycles. The van der Waals surface area contributed by atoms with Crippen LogP contribution >= 0.6 is 0 Å². The van der Waals surface area contributed by atoms with Crippen LogP contribution in [0, 0.1) is 6.92 Å². The quantitative estimate of drug-likeness (QED) is 0.218. The zero-order valence-corrected chi connectivity index (χ0v) is 23.3. The molecule has 0 aliphatic heterocycles. The molecule has 1 amide bonds. The monoisotopic (exact) mass is 560 g/mol. The molecule has 3 N–H and O–H groups in total. The average molecular weight is 561 g/mol. The predicted octanol–water partition coefficient (Wildman–Crippen LogP) is 5.53. The molecule has 10 heteroatoms. The molecule has 2 aromatic carbocycles. The number of aromatic nitrogens is 2. The van der Waals surface area contributed by atoms with E-state index in [2.05, 4.69) is 15.3 Å². The van der Waals surface area contributed by atoms with Gasteiger partial charge in [0.25, 0.3) is 0 Å². The van der Waals surface area contributed by atoms with Gasteiger partial charge in [0, 0.05) is 19.4 Å². The maximum absolute atomic E-state index is 12.0. The number of nitrogens with zero attached hydrogens (tertiary/aromatic N) is 1. The second-order valence-corrected chi connectivity index (χ2v) is 9.61. The third-order valence-electron chi connectivity index (χ3n) is 6.05. The van der Waals surface area contributed by atoms with Gasteiger partial charge >= 0.3 is 17.9 Å². The van der Waals surface area contributed by atoms with Gasteiger partial charge in [-0.05, 0) is 68.7 Å². The van der Waals surface area contributed by atoms with Crippen LogP contribution in [0.4, 0.5) is 4.79 Å². The van der Waals surface area contributed by atoms with Crippen LogP contribution in [0.2, 0.25) is 0 Å². The number of nitrogens with one attached hydrogen (secondary N) is 2. The summed E-state index contributed by atoms with van der Waals surface area (Å²) >= 11 is 0. The highest BCUT2D eigenvalue weighted by Crippen LogP contribution is 2.24. The molecule has 10 nitrogen and oxygen atoms in total. The number of para-hydroxylation sites is 1. The Morgan fingerprint density at radius 1 is 1.02 bits per heavy atom. The van der Waals surface area contributed by atoms with Crippen molar-refractivity contribution in [3.05, 3.63) is 89.4 Å². The maximum Gasteiger partial charge on any atom is 0.407 e. The van der Waals surface area contributed by atoms with Crippen LogP contribution in [-0.4, -0.2) is 34.9 Å². The zero-order valence-electron chi connectivity index (χ0n) is 23.3. The van der Waals surface area contributed by atoms with Gasteiger partial charge in [0.1, 0.15) is 22.8 Å². The summed E-state index contributed by atoms with van der Waals surface area (Å²) in [7, 11) is 0. The molecule has 41 heavy (non-hydrogen) atoms. The van der Waals surface area contributed by atoms with E-state index >= 15 is 0 Å². The Morgan fingerprint density at radius 2 is 1.83 bits per heavy atom. The fourth-order valence-corrected chi connectivity index (χ4v) is 4.04. The summed E-state index contributed by atoms with van der Waals surface area (Å²) < 4.78 is 22.8. The summed E-state index contributed by atoms with van der Waals surface area (Å²) in [5.41, 5.74) is 3.14. The second-order valence-electron chi connectivity index (χ2n) is 9.61. The number of benzene rings is 2. The molecule has 214 valence electrons. The Hall–Kier alpha value is -4.86. The first-order valence-corrected chi connectivity index (χ1v) is 13.4. The minimum absolute atomic E-state index is 0.0159. The van der Waals surface area contributed by atoms with Gasteiger partial charge in [0.05, 0.1) is 24.5 Å². The van der Waals surface area contributed by atoms with Gasteiger partial charge < -0.3 is 29.1 Å². The van der Waals surface area contributed by atoms with Gasteiger partial charge in [-0.15, -0.1) is 0 Å². The number of aliphatic carboxylic acids is 1. The van der Waals surface area contributed by atoms with Gasteiger partial charge in [-0.25, -0.2) is 9.78 Å². The molecular weight excluding hydrogens is 526 g/mol. The van der Waals surface area contributed by atoms with E-state index in [9.17, 15) is 9.59 Å². The lowest BCUT2D eigenvalue weighted by molar-refractivity contribution is -0.390. The van der Waals surface area contributed by atoms with Crippen molar-refractivity contribution in [2.45, 2.75) is 52.7 Å². The van der Waals surface area contributed by atoms with Gasteiger partial charge in [-0.3, -0.25) is 4.79 Å². The highest BCUT2D eigenvalue weighted by molar-refractivity contribution is 5.68. The molecule has 4 aromatic rings. The Bertz CT molecular complexity index is 1450. The van der Waals surface area contributed by atoms with E-state index < -0.39 is 12.1 Å². The number of carbonyl (C=O) groups is 2. The molecule has 0 fully saturated rings. The lowest BCUT2D eigenvalue weighted by Gasteiger charge is -2.14. The standard InChI is InChI=1S/C31H33N3O7/c1-20(2)39-31(37)33-19-24-17-26(12-9-22(24)11-14-29(35)36)38-16-15-27-21(3)40-30(34-27)23-10-13-28(32-18-23)41-25-7-5-4-6-8-25/h4-10,12-13,17-18,20H,11,14-16,19H2,1-3H3,(H,33,37)(H,35,36)/p+1. The predicted molar refractivity (Wildman–Crippen MR) is 150 cm³/mol. The van der Waals surface area contributed by atoms with Crippen molar-refractivity contribution < 1.29 is 38.3 Å². The van der Waals surface area contributed by atoms with E-state index in [4.69, 9.17) is 23.7 Å². The first-order chi connectivity index (χ1) is 19.8. The number of amides is 1. The number of hydrogen-bond acceptors (Lipinski definition) is 7. The minimum atomic E-state index is -0.889. The summed E-state index contributed by atoms with van der Waals surface area (Å²) in [6, 6.07) is 18.6. The molecule has 0 aliphatic rings. The summed E-state index contributed by atoms with van der Waals surface area (Å²) in [6.07, 6.45) is 1.83. The molecule has 4 rings (SSSR count). The fraction of sp³-hybridized carbons (Fsp3) is 0.290. The normalized spacial score (nSPS) is 10.8. The van der Waals surface area contributed by atoms with Crippen LogP contribution in [0.5, 0.6) is 17.4 Å². The maximum atomic E-state index is 12.0. The van der Waals surface area contributed by atoms with Crippen molar-refractivity contribution in [3.8, 4) is 28.8 Å². The lowest BCUT2D eigenvalue weighted by Crippen LogP contribution is -2.26. The molecule has 0 bridgehead atoms. The van der Waals surface area contributed by atoms with Gasteiger partial charge in [-0.2, -0.15) is 4.98 Å². The van der Waals surface area contributed by atoms with E-state index in [-0.39, 0.29) is 19.1 Å². The summed E-state index contributed by atoms with van der Waals surface area (Å²) in [4.78, 5) is 30.8. The number of carbonyl (C=O) groups excluding carboxylic acids is 1. The highest BCUT2D eigenvalue weighted by Gasteiger charge is 2.15. The number of carboxylic acids is 1. The Morgan fingerprint density at radius 3 is 2.54 bits per heavy atom. The third kappa shape index (κ3) is 8.82. The molecule has 2 aromatic heterocycles. The van der Waals surface area contributed by atoms with Crippen molar-refractivity contribution in [3.63, 3.8) is 0 Å². The molecule has 0 radical (unpaired) electrons. The van der Waals surface area contributed by atoms with E-state index in [1.807, 2.05) is 61.5 Å². The minimum Gasteiger partial charge on any atom is -0.493 e. The molecular formula is C31H34N3O7+. The molecule has 0 spiro atoms. The first-order valence-electron chi connectivity index (χ1n) is 13.4. The zero-order chi connectivity index (χ0) is 29.2. The third-order valence-corrected chi connectivity index (χ3v) is 6.05. The number of oxazole rings is 1. The Kier molecular flexibility index (Phi) is 9.93. The van der Waals surface area contributed by atoms with Crippen LogP contribution in [0.25, 0.3) is 11.5 Å². The number of aryl methyl sites for hydroxylation is 2. The fourth-order valence-electron chi connectivity index (χ4n) is 4.04. The number of aromatic amines is 1. The molecule has 0 saturated carbocycles. The van der Waals surface area contributed by atoms with Crippen molar-refractivity contribution in [2.24, 2.45) is 0 Å². The number of hydrogen-bond donors (Lipinski definition) is 2. The van der Waals surface area contributed by atoms with Crippen molar-refractivity contribution in [1.29, 1.82) is 0 Å². The largest absolute Gasteiger partial charge is 0.493 e. The molecule has 0 aliphatic carbocycles. The highest BCUT2D eigenvalue weighted by atomic mass is 16.6. The van der Waals surface area contributed by atoms with Crippen LogP contribution in [-0.2, 0) is 28.9 Å². The average Bonchev–Trinajstić information content (AvgIpc) is 3.32. The summed E-state index contributed by atoms with van der Waals surface area (Å²) in [6.45, 7) is 5.93. The van der Waals surface area contributed by atoms with Crippen LogP contribution < -0.4 is 19.8 Å². The van der Waals surface area contributed by atoms with E-state index in [0.29, 0.717) is 42.7 Å². The number of H-pyrrole nitrogens is 1. The topological polar surface area (TPSA) is 134 Å². The molecule has 0 saturated heterocycles. The smallest absolute Gasteiger partial charge is 0.407 e. The van der Waals surface area contributed by atoms with E-state index in [0.717, 1.165) is 28.1 Å². The number of alkyl carbamates (subject to hydrolysis) is 1. The first kappa shape index (κ1) is 29.1. The molecule has 0 unspecified atom stereocenters.